The summed E-state index contributed by atoms with van der Waals surface area (Å²) in [6.45, 7) is 2.49. The van der Waals surface area contributed by atoms with E-state index in [1.165, 1.54) is 37.4 Å². The Hall–Kier alpha value is -1.86. The number of rotatable bonds is 5. The maximum atomic E-state index is 13.1. The average Bonchev–Trinajstić information content (AvgIpc) is 3.39. The molecule has 4 rings (SSSR count). The van der Waals surface area contributed by atoms with Crippen molar-refractivity contribution in [3.05, 3.63) is 41.7 Å². The normalized spacial score (nSPS) is 19.6. The van der Waals surface area contributed by atoms with E-state index in [1.807, 2.05) is 35.2 Å². The molecule has 1 amide bonds. The number of morpholine rings is 1. The van der Waals surface area contributed by atoms with Crippen LogP contribution >= 0.6 is 11.8 Å². The molecule has 0 spiro atoms. The number of nitrogens with one attached hydrogen (secondary N) is 1. The number of carbonyl (C=O) groups is 1. The first-order valence-corrected chi connectivity index (χ1v) is 10.2. The van der Waals surface area contributed by atoms with Crippen molar-refractivity contribution >= 4 is 17.7 Å². The number of aromatic amines is 1. The standard InChI is InChI=1S/C19H24N4O2S/c24-18(23-10-12-25-13-11-23)16(14-6-2-1-3-7-14)26-19-20-17(21-22-19)15-8-4-5-9-15/h1-3,6-7,15-16H,4-5,8-13H2,(H,20,21,22). The molecule has 2 heterocycles. The highest BCUT2D eigenvalue weighted by atomic mass is 32.2. The number of amides is 1. The lowest BCUT2D eigenvalue weighted by atomic mass is 10.1. The van der Waals surface area contributed by atoms with Crippen LogP contribution in [0.5, 0.6) is 0 Å². The Labute approximate surface area is 157 Å². The van der Waals surface area contributed by atoms with Crippen molar-refractivity contribution in [3.63, 3.8) is 0 Å². The SMILES string of the molecule is O=C(C(Sc1n[nH]c(C2CCCC2)n1)c1ccccc1)N1CCOCC1. The highest BCUT2D eigenvalue weighted by Crippen LogP contribution is 2.37. The first-order chi connectivity index (χ1) is 12.8. The van der Waals surface area contributed by atoms with Gasteiger partial charge < -0.3 is 9.64 Å². The van der Waals surface area contributed by atoms with Crippen LogP contribution in [0.3, 0.4) is 0 Å². The molecule has 0 radical (unpaired) electrons. The lowest BCUT2D eigenvalue weighted by Crippen LogP contribution is -2.42. The minimum absolute atomic E-state index is 0.108. The molecular weight excluding hydrogens is 348 g/mol. The van der Waals surface area contributed by atoms with Gasteiger partial charge in [-0.3, -0.25) is 9.89 Å². The van der Waals surface area contributed by atoms with Crippen LogP contribution in [0, 0.1) is 0 Å². The maximum Gasteiger partial charge on any atom is 0.240 e. The predicted molar refractivity (Wildman–Crippen MR) is 100 cm³/mol. The van der Waals surface area contributed by atoms with E-state index in [4.69, 9.17) is 4.74 Å². The van der Waals surface area contributed by atoms with Crippen LogP contribution in [-0.2, 0) is 9.53 Å². The number of carbonyl (C=O) groups excluding carboxylic acids is 1. The van der Waals surface area contributed by atoms with E-state index < -0.39 is 0 Å². The first kappa shape index (κ1) is 17.5. The van der Waals surface area contributed by atoms with Gasteiger partial charge in [0, 0.05) is 19.0 Å². The van der Waals surface area contributed by atoms with Crippen LogP contribution < -0.4 is 0 Å². The second kappa shape index (κ2) is 8.22. The number of H-pyrrole nitrogens is 1. The Bertz CT molecular complexity index is 724. The average molecular weight is 372 g/mol. The van der Waals surface area contributed by atoms with Gasteiger partial charge in [-0.05, 0) is 18.4 Å². The number of benzene rings is 1. The zero-order valence-electron chi connectivity index (χ0n) is 14.8. The number of nitrogens with zero attached hydrogens (tertiary/aromatic N) is 3. The van der Waals surface area contributed by atoms with Crippen LogP contribution in [-0.4, -0.2) is 52.3 Å². The van der Waals surface area contributed by atoms with Crippen LogP contribution in [0.2, 0.25) is 0 Å². The molecule has 1 atom stereocenters. The first-order valence-electron chi connectivity index (χ1n) is 9.31. The minimum Gasteiger partial charge on any atom is -0.378 e. The lowest BCUT2D eigenvalue weighted by molar-refractivity contribution is -0.134. The molecule has 138 valence electrons. The van der Waals surface area contributed by atoms with Gasteiger partial charge in [-0.15, -0.1) is 5.10 Å². The largest absolute Gasteiger partial charge is 0.378 e. The van der Waals surface area contributed by atoms with E-state index in [1.54, 1.807) is 0 Å². The number of ether oxygens (including phenoxy) is 1. The van der Waals surface area contributed by atoms with Gasteiger partial charge in [0.25, 0.3) is 0 Å². The van der Waals surface area contributed by atoms with Gasteiger partial charge in [0.1, 0.15) is 11.1 Å². The molecule has 7 heteroatoms. The van der Waals surface area contributed by atoms with Gasteiger partial charge in [-0.2, -0.15) is 0 Å². The fourth-order valence-electron chi connectivity index (χ4n) is 3.64. The quantitative estimate of drug-likeness (QED) is 0.817. The Kier molecular flexibility index (Phi) is 5.55. The highest BCUT2D eigenvalue weighted by Gasteiger charge is 2.30. The van der Waals surface area contributed by atoms with Gasteiger partial charge in [0.15, 0.2) is 0 Å². The van der Waals surface area contributed by atoms with Crippen molar-refractivity contribution in [1.29, 1.82) is 0 Å². The molecule has 6 nitrogen and oxygen atoms in total. The monoisotopic (exact) mass is 372 g/mol. The Morgan fingerprint density at radius 3 is 2.65 bits per heavy atom. The maximum absolute atomic E-state index is 13.1. The molecule has 1 aliphatic carbocycles. The zero-order chi connectivity index (χ0) is 17.8. The molecule has 2 aliphatic rings. The number of hydrogen-bond acceptors (Lipinski definition) is 5. The van der Waals surface area contributed by atoms with Gasteiger partial charge in [-0.25, -0.2) is 4.98 Å². The fourth-order valence-corrected chi connectivity index (χ4v) is 4.64. The van der Waals surface area contributed by atoms with Crippen molar-refractivity contribution in [2.24, 2.45) is 0 Å². The number of thioether (sulfide) groups is 1. The number of hydrogen-bond donors (Lipinski definition) is 1. The Morgan fingerprint density at radius 2 is 1.92 bits per heavy atom. The van der Waals surface area contributed by atoms with Crippen molar-refractivity contribution in [3.8, 4) is 0 Å². The van der Waals surface area contributed by atoms with Crippen LogP contribution in [0.25, 0.3) is 0 Å². The third-order valence-corrected chi connectivity index (χ3v) is 6.20. The summed E-state index contributed by atoms with van der Waals surface area (Å²) in [6.07, 6.45) is 4.87. The molecule has 1 saturated carbocycles. The Balaban J connectivity index is 1.54. The van der Waals surface area contributed by atoms with Gasteiger partial charge >= 0.3 is 0 Å². The summed E-state index contributed by atoms with van der Waals surface area (Å²) in [4.78, 5) is 19.7. The third-order valence-electron chi connectivity index (χ3n) is 5.10. The van der Waals surface area contributed by atoms with E-state index in [-0.39, 0.29) is 11.2 Å². The van der Waals surface area contributed by atoms with E-state index in [2.05, 4.69) is 15.2 Å². The highest BCUT2D eigenvalue weighted by molar-refractivity contribution is 8.00. The molecule has 1 aromatic carbocycles. The Morgan fingerprint density at radius 1 is 1.19 bits per heavy atom. The number of aromatic nitrogens is 3. The summed E-state index contributed by atoms with van der Waals surface area (Å²) in [5.74, 6) is 1.56. The third kappa shape index (κ3) is 3.94. The summed E-state index contributed by atoms with van der Waals surface area (Å²) in [5.41, 5.74) is 0.987. The molecule has 2 fully saturated rings. The van der Waals surface area contributed by atoms with Gasteiger partial charge in [0.05, 0.1) is 13.2 Å². The molecule has 1 aromatic heterocycles. The zero-order valence-corrected chi connectivity index (χ0v) is 15.6. The topological polar surface area (TPSA) is 71.1 Å². The summed E-state index contributed by atoms with van der Waals surface area (Å²) in [7, 11) is 0. The molecular formula is C19H24N4O2S. The summed E-state index contributed by atoms with van der Waals surface area (Å²) >= 11 is 1.44. The summed E-state index contributed by atoms with van der Waals surface area (Å²) in [5, 5.41) is 7.80. The molecule has 1 aliphatic heterocycles. The van der Waals surface area contributed by atoms with E-state index in [0.717, 1.165) is 11.4 Å². The van der Waals surface area contributed by atoms with Crippen LogP contribution in [0.15, 0.2) is 35.5 Å². The molecule has 0 bridgehead atoms. The van der Waals surface area contributed by atoms with Crippen molar-refractivity contribution in [1.82, 2.24) is 20.1 Å². The van der Waals surface area contributed by atoms with Gasteiger partial charge in [-0.1, -0.05) is 54.9 Å². The molecule has 26 heavy (non-hydrogen) atoms. The fraction of sp³-hybridized carbons (Fsp3) is 0.526. The second-order valence-electron chi connectivity index (χ2n) is 6.83. The van der Waals surface area contributed by atoms with Crippen molar-refractivity contribution in [2.75, 3.05) is 26.3 Å². The second-order valence-corrected chi connectivity index (χ2v) is 7.90. The lowest BCUT2D eigenvalue weighted by Gasteiger charge is -2.30. The molecule has 1 N–H and O–H groups in total. The van der Waals surface area contributed by atoms with Crippen molar-refractivity contribution < 1.29 is 9.53 Å². The van der Waals surface area contributed by atoms with E-state index in [9.17, 15) is 4.79 Å². The molecule has 2 aromatic rings. The molecule has 1 unspecified atom stereocenters. The van der Waals surface area contributed by atoms with Crippen molar-refractivity contribution in [2.45, 2.75) is 42.0 Å². The smallest absolute Gasteiger partial charge is 0.240 e. The van der Waals surface area contributed by atoms with Crippen LogP contribution in [0.4, 0.5) is 0 Å². The molecule has 1 saturated heterocycles. The van der Waals surface area contributed by atoms with E-state index >= 15 is 0 Å². The van der Waals surface area contributed by atoms with Crippen LogP contribution in [0.1, 0.15) is 48.2 Å². The predicted octanol–water partition coefficient (Wildman–Crippen LogP) is 3.15. The van der Waals surface area contributed by atoms with E-state index in [0.29, 0.717) is 37.4 Å². The summed E-state index contributed by atoms with van der Waals surface area (Å²) < 4.78 is 5.38. The minimum atomic E-state index is -0.332. The van der Waals surface area contributed by atoms with Gasteiger partial charge in [0.2, 0.25) is 11.1 Å². The summed E-state index contributed by atoms with van der Waals surface area (Å²) in [6, 6.07) is 9.91.